The number of hydrogen-bond acceptors (Lipinski definition) is 4. The summed E-state index contributed by atoms with van der Waals surface area (Å²) < 4.78 is 18.4. The minimum Gasteiger partial charge on any atom is -0.383 e. The molecule has 0 saturated heterocycles. The first-order valence-electron chi connectivity index (χ1n) is 6.26. The number of ether oxygens (including phenoxy) is 1. The summed E-state index contributed by atoms with van der Waals surface area (Å²) in [6.45, 7) is 3.58. The molecule has 104 valence electrons. The molecule has 0 aromatic heterocycles. The van der Waals surface area contributed by atoms with Gasteiger partial charge >= 0.3 is 0 Å². The second-order valence-electron chi connectivity index (χ2n) is 4.38. The van der Waals surface area contributed by atoms with Crippen molar-refractivity contribution in [2.24, 2.45) is 5.73 Å². The van der Waals surface area contributed by atoms with E-state index in [9.17, 15) is 4.39 Å². The van der Waals surface area contributed by atoms with Gasteiger partial charge < -0.3 is 15.4 Å². The Morgan fingerprint density at radius 3 is 2.79 bits per heavy atom. The molecule has 2 N–H and O–H groups in total. The first kappa shape index (κ1) is 15.4. The molecule has 5 heteroatoms. The number of rotatable bonds is 7. The molecule has 19 heavy (non-hydrogen) atoms. The average Bonchev–Trinajstić information content (AvgIpc) is 2.39. The molecule has 1 unspecified atom stereocenters. The molecule has 1 aromatic carbocycles. The Morgan fingerprint density at radius 2 is 2.21 bits per heavy atom. The number of nitrogens with two attached hydrogens (primary N) is 1. The first-order valence-corrected chi connectivity index (χ1v) is 6.26. The van der Waals surface area contributed by atoms with Crippen LogP contribution in [0.2, 0.25) is 0 Å². The van der Waals surface area contributed by atoms with E-state index in [2.05, 4.69) is 6.07 Å². The predicted octanol–water partition coefficient (Wildman–Crippen LogP) is 2.21. The van der Waals surface area contributed by atoms with Crippen molar-refractivity contribution in [1.29, 1.82) is 5.26 Å². The minimum atomic E-state index is -0.303. The standard InChI is InChI=1S/C14H20FN3O/c1-11(17)13-10-12(15)4-5-14(13)18(7-3-6-16)8-9-19-2/h4-5,10-11H,3,7-9,17H2,1-2H3. The summed E-state index contributed by atoms with van der Waals surface area (Å²) in [4.78, 5) is 2.00. The SMILES string of the molecule is COCCN(CCC#N)c1ccc(F)cc1C(C)N. The zero-order chi connectivity index (χ0) is 14.3. The van der Waals surface area contributed by atoms with Gasteiger partial charge in [-0.3, -0.25) is 0 Å². The highest BCUT2D eigenvalue weighted by atomic mass is 19.1. The van der Waals surface area contributed by atoms with E-state index in [0.29, 0.717) is 26.1 Å². The fraction of sp³-hybridized carbons (Fsp3) is 0.500. The van der Waals surface area contributed by atoms with Crippen molar-refractivity contribution in [2.45, 2.75) is 19.4 Å². The summed E-state index contributed by atoms with van der Waals surface area (Å²) in [5.41, 5.74) is 7.50. The Morgan fingerprint density at radius 1 is 1.47 bits per heavy atom. The lowest BCUT2D eigenvalue weighted by molar-refractivity contribution is 0.205. The number of nitriles is 1. The summed E-state index contributed by atoms with van der Waals surface area (Å²) in [7, 11) is 1.62. The van der Waals surface area contributed by atoms with Crippen LogP contribution >= 0.6 is 0 Å². The van der Waals surface area contributed by atoms with E-state index < -0.39 is 0 Å². The molecule has 1 atom stereocenters. The summed E-state index contributed by atoms with van der Waals surface area (Å²) >= 11 is 0. The van der Waals surface area contributed by atoms with Crippen LogP contribution in [0.4, 0.5) is 10.1 Å². The lowest BCUT2D eigenvalue weighted by Gasteiger charge is -2.27. The van der Waals surface area contributed by atoms with Crippen LogP contribution in [0.25, 0.3) is 0 Å². The fourth-order valence-corrected chi connectivity index (χ4v) is 1.92. The summed E-state index contributed by atoms with van der Waals surface area (Å²) in [6, 6.07) is 6.42. The maximum Gasteiger partial charge on any atom is 0.123 e. The maximum atomic E-state index is 13.3. The fourth-order valence-electron chi connectivity index (χ4n) is 1.92. The first-order chi connectivity index (χ1) is 9.10. The molecule has 4 nitrogen and oxygen atoms in total. The van der Waals surface area contributed by atoms with Crippen molar-refractivity contribution in [3.05, 3.63) is 29.6 Å². The molecule has 1 rings (SSSR count). The van der Waals surface area contributed by atoms with Gasteiger partial charge in [-0.15, -0.1) is 0 Å². The van der Waals surface area contributed by atoms with Gasteiger partial charge in [0.25, 0.3) is 0 Å². The van der Waals surface area contributed by atoms with Gasteiger partial charge in [0.05, 0.1) is 19.1 Å². The van der Waals surface area contributed by atoms with E-state index in [0.717, 1.165) is 11.3 Å². The lowest BCUT2D eigenvalue weighted by Crippen LogP contribution is -2.30. The van der Waals surface area contributed by atoms with Crippen LogP contribution in [-0.2, 0) is 4.74 Å². The molecule has 1 aromatic rings. The van der Waals surface area contributed by atoms with Crippen LogP contribution in [0.3, 0.4) is 0 Å². The van der Waals surface area contributed by atoms with Gasteiger partial charge in [0, 0.05) is 31.9 Å². The Hall–Kier alpha value is -1.64. The van der Waals surface area contributed by atoms with E-state index in [-0.39, 0.29) is 11.9 Å². The van der Waals surface area contributed by atoms with Gasteiger partial charge in [-0.1, -0.05) is 0 Å². The minimum absolute atomic E-state index is 0.266. The molecule has 0 saturated carbocycles. The van der Waals surface area contributed by atoms with E-state index in [1.165, 1.54) is 12.1 Å². The Balaban J connectivity index is 3.02. The third kappa shape index (κ3) is 4.51. The maximum absolute atomic E-state index is 13.3. The van der Waals surface area contributed by atoms with Gasteiger partial charge in [-0.25, -0.2) is 4.39 Å². The molecule has 0 spiro atoms. The molecule has 0 aliphatic rings. The number of nitrogens with zero attached hydrogens (tertiary/aromatic N) is 2. The third-order valence-corrected chi connectivity index (χ3v) is 2.88. The molecular formula is C14H20FN3O. The molecule has 0 aliphatic heterocycles. The Kier molecular flexibility index (Phi) is 6.26. The number of benzene rings is 1. The monoisotopic (exact) mass is 265 g/mol. The van der Waals surface area contributed by atoms with E-state index in [1.54, 1.807) is 13.2 Å². The van der Waals surface area contributed by atoms with Gasteiger partial charge in [0.15, 0.2) is 0 Å². The normalized spacial score (nSPS) is 11.9. The number of hydrogen-bond donors (Lipinski definition) is 1. The van der Waals surface area contributed by atoms with E-state index in [4.69, 9.17) is 15.7 Å². The highest BCUT2D eigenvalue weighted by molar-refractivity contribution is 5.55. The smallest absolute Gasteiger partial charge is 0.123 e. The second-order valence-corrected chi connectivity index (χ2v) is 4.38. The molecule has 0 fully saturated rings. The van der Waals surface area contributed by atoms with Crippen LogP contribution in [0.15, 0.2) is 18.2 Å². The summed E-state index contributed by atoms with van der Waals surface area (Å²) in [6.07, 6.45) is 0.402. The van der Waals surface area contributed by atoms with Gasteiger partial charge in [0.1, 0.15) is 5.82 Å². The van der Waals surface area contributed by atoms with Crippen molar-refractivity contribution in [1.82, 2.24) is 0 Å². The Bertz CT molecular complexity index is 443. The topological polar surface area (TPSA) is 62.3 Å². The van der Waals surface area contributed by atoms with E-state index in [1.807, 2.05) is 11.8 Å². The molecule has 0 heterocycles. The molecular weight excluding hydrogens is 245 g/mol. The average molecular weight is 265 g/mol. The third-order valence-electron chi connectivity index (χ3n) is 2.88. The highest BCUT2D eigenvalue weighted by Crippen LogP contribution is 2.26. The quantitative estimate of drug-likeness (QED) is 0.821. The Labute approximate surface area is 113 Å². The van der Waals surface area contributed by atoms with Crippen LogP contribution in [0, 0.1) is 17.1 Å². The van der Waals surface area contributed by atoms with Crippen LogP contribution in [-0.4, -0.2) is 26.8 Å². The van der Waals surface area contributed by atoms with Gasteiger partial charge in [0.2, 0.25) is 0 Å². The zero-order valence-electron chi connectivity index (χ0n) is 11.4. The van der Waals surface area contributed by atoms with Gasteiger partial charge in [-0.05, 0) is 30.7 Å². The van der Waals surface area contributed by atoms with Crippen molar-refractivity contribution < 1.29 is 9.13 Å². The highest BCUT2D eigenvalue weighted by Gasteiger charge is 2.14. The van der Waals surface area contributed by atoms with Gasteiger partial charge in [-0.2, -0.15) is 5.26 Å². The number of methoxy groups -OCH3 is 1. The molecule has 0 amide bonds. The van der Waals surface area contributed by atoms with Crippen LogP contribution < -0.4 is 10.6 Å². The largest absolute Gasteiger partial charge is 0.383 e. The van der Waals surface area contributed by atoms with Crippen molar-refractivity contribution in [2.75, 3.05) is 31.7 Å². The second kappa shape index (κ2) is 7.72. The molecule has 0 radical (unpaired) electrons. The molecule has 0 aliphatic carbocycles. The van der Waals surface area contributed by atoms with E-state index >= 15 is 0 Å². The van der Waals surface area contributed by atoms with Crippen molar-refractivity contribution >= 4 is 5.69 Å². The summed E-state index contributed by atoms with van der Waals surface area (Å²) in [5, 5.41) is 8.72. The number of halogens is 1. The lowest BCUT2D eigenvalue weighted by atomic mass is 10.1. The van der Waals surface area contributed by atoms with Crippen molar-refractivity contribution in [3.8, 4) is 6.07 Å². The van der Waals surface area contributed by atoms with Crippen LogP contribution in [0.1, 0.15) is 24.9 Å². The number of anilines is 1. The molecule has 0 bridgehead atoms. The summed E-state index contributed by atoms with van der Waals surface area (Å²) in [5.74, 6) is -0.303. The predicted molar refractivity (Wildman–Crippen MR) is 73.3 cm³/mol. The van der Waals surface area contributed by atoms with Crippen LogP contribution in [0.5, 0.6) is 0 Å². The van der Waals surface area contributed by atoms with Crippen molar-refractivity contribution in [3.63, 3.8) is 0 Å². The zero-order valence-corrected chi connectivity index (χ0v) is 11.4.